The largest absolute Gasteiger partial charge is 0.364 e. The second-order valence-corrected chi connectivity index (χ2v) is 8.89. The van der Waals surface area contributed by atoms with Gasteiger partial charge >= 0.3 is 0 Å². The number of carbonyl (C=O) groups excluding carboxylic acids is 2. The van der Waals surface area contributed by atoms with Crippen LogP contribution in [0.4, 0.5) is 0 Å². The molecule has 3 unspecified atom stereocenters. The van der Waals surface area contributed by atoms with E-state index >= 15 is 0 Å². The van der Waals surface area contributed by atoms with Gasteiger partial charge in [-0.2, -0.15) is 0 Å². The van der Waals surface area contributed by atoms with Gasteiger partial charge in [-0.1, -0.05) is 24.9 Å². The molecule has 0 aromatic carbocycles. The first-order valence-corrected chi connectivity index (χ1v) is 10.1. The molecule has 1 saturated heterocycles. The van der Waals surface area contributed by atoms with Gasteiger partial charge in [-0.05, 0) is 31.1 Å². The SMILES string of the molecule is CC1CCCC1CC(=O)N1C[C@@H]2C(NC(=O)c3conc3C3CC3)[C@@H]2C1. The topological polar surface area (TPSA) is 75.4 Å². The predicted molar refractivity (Wildman–Crippen MR) is 94.4 cm³/mol. The molecule has 1 aromatic heterocycles. The molecule has 4 fully saturated rings. The first-order valence-electron chi connectivity index (χ1n) is 10.1. The summed E-state index contributed by atoms with van der Waals surface area (Å²) in [6.45, 7) is 3.88. The standard InChI is InChI=1S/C20H27N3O3/c1-11-3-2-4-13(11)7-17(24)23-8-14-15(9-23)19(14)21-20(25)16-10-26-22-18(16)12-5-6-12/h10-15,19H,2-9H2,1H3,(H,21,25)/t11?,13?,14-,15+,19?. The van der Waals surface area contributed by atoms with Gasteiger partial charge in [-0.3, -0.25) is 9.59 Å². The van der Waals surface area contributed by atoms with E-state index in [2.05, 4.69) is 17.4 Å². The summed E-state index contributed by atoms with van der Waals surface area (Å²) in [5.41, 5.74) is 1.41. The van der Waals surface area contributed by atoms with E-state index in [0.717, 1.165) is 31.6 Å². The molecule has 1 N–H and O–H groups in total. The minimum atomic E-state index is -0.0646. The molecule has 6 heteroatoms. The average Bonchev–Trinajstić information content (AvgIpc) is 3.35. The van der Waals surface area contributed by atoms with Crippen LogP contribution in [0.5, 0.6) is 0 Å². The molecule has 3 aliphatic carbocycles. The molecule has 2 heterocycles. The number of likely N-dealkylation sites (tertiary alicyclic amines) is 1. The minimum Gasteiger partial charge on any atom is -0.364 e. The van der Waals surface area contributed by atoms with Gasteiger partial charge in [0.25, 0.3) is 5.91 Å². The van der Waals surface area contributed by atoms with Crippen molar-refractivity contribution in [1.29, 1.82) is 0 Å². The lowest BCUT2D eigenvalue weighted by Gasteiger charge is -2.23. The van der Waals surface area contributed by atoms with Crippen LogP contribution in [0.25, 0.3) is 0 Å². The Morgan fingerprint density at radius 3 is 2.65 bits per heavy atom. The third-order valence-electron chi connectivity index (χ3n) is 7.13. The van der Waals surface area contributed by atoms with E-state index in [4.69, 9.17) is 4.52 Å². The highest BCUT2D eigenvalue weighted by atomic mass is 16.5. The molecule has 2 amide bonds. The minimum absolute atomic E-state index is 0.0646. The van der Waals surface area contributed by atoms with Crippen molar-refractivity contribution in [2.75, 3.05) is 13.1 Å². The number of piperidine rings is 1. The highest BCUT2D eigenvalue weighted by molar-refractivity contribution is 5.95. The fourth-order valence-corrected chi connectivity index (χ4v) is 5.12. The van der Waals surface area contributed by atoms with Crippen molar-refractivity contribution >= 4 is 11.8 Å². The smallest absolute Gasteiger partial charge is 0.256 e. The Morgan fingerprint density at radius 2 is 2.00 bits per heavy atom. The number of nitrogens with zero attached hydrogens (tertiary/aromatic N) is 2. The van der Waals surface area contributed by atoms with E-state index < -0.39 is 0 Å². The van der Waals surface area contributed by atoms with Gasteiger partial charge < -0.3 is 14.7 Å². The Morgan fingerprint density at radius 1 is 1.23 bits per heavy atom. The van der Waals surface area contributed by atoms with Crippen LogP contribution in [0.15, 0.2) is 10.8 Å². The lowest BCUT2D eigenvalue weighted by molar-refractivity contribution is -0.132. The Labute approximate surface area is 153 Å². The molecule has 0 spiro atoms. The molecule has 140 valence electrons. The van der Waals surface area contributed by atoms with E-state index in [0.29, 0.717) is 47.5 Å². The third kappa shape index (κ3) is 2.83. The van der Waals surface area contributed by atoms with E-state index in [1.54, 1.807) is 0 Å². The normalized spacial score (nSPS) is 35.4. The zero-order valence-corrected chi connectivity index (χ0v) is 15.3. The number of nitrogens with one attached hydrogen (secondary N) is 1. The number of amides is 2. The Balaban J connectivity index is 1.12. The zero-order chi connectivity index (χ0) is 17.8. The van der Waals surface area contributed by atoms with Crippen molar-refractivity contribution < 1.29 is 14.1 Å². The van der Waals surface area contributed by atoms with Crippen LogP contribution >= 0.6 is 0 Å². The fraction of sp³-hybridized carbons (Fsp3) is 0.750. The van der Waals surface area contributed by atoms with E-state index in [9.17, 15) is 9.59 Å². The number of aromatic nitrogens is 1. The molecule has 6 nitrogen and oxygen atoms in total. The predicted octanol–water partition coefficient (Wildman–Crippen LogP) is 2.56. The van der Waals surface area contributed by atoms with Crippen LogP contribution < -0.4 is 5.32 Å². The van der Waals surface area contributed by atoms with Crippen molar-refractivity contribution in [3.8, 4) is 0 Å². The molecule has 4 aliphatic rings. The quantitative estimate of drug-likeness (QED) is 0.879. The van der Waals surface area contributed by atoms with Gasteiger partial charge in [0.15, 0.2) is 0 Å². The van der Waals surface area contributed by atoms with Crippen molar-refractivity contribution in [1.82, 2.24) is 15.4 Å². The maximum atomic E-state index is 12.6. The summed E-state index contributed by atoms with van der Waals surface area (Å²) in [7, 11) is 0. The molecule has 26 heavy (non-hydrogen) atoms. The van der Waals surface area contributed by atoms with E-state index in [1.807, 2.05) is 4.90 Å². The number of hydrogen-bond donors (Lipinski definition) is 1. The molecular formula is C20H27N3O3. The summed E-state index contributed by atoms with van der Waals surface area (Å²) in [5, 5.41) is 7.14. The zero-order valence-electron chi connectivity index (χ0n) is 15.3. The van der Waals surface area contributed by atoms with Gasteiger partial charge in [0.2, 0.25) is 5.91 Å². The lowest BCUT2D eigenvalue weighted by Crippen LogP contribution is -2.38. The summed E-state index contributed by atoms with van der Waals surface area (Å²) in [6.07, 6.45) is 8.11. The van der Waals surface area contributed by atoms with Gasteiger partial charge in [0.1, 0.15) is 11.8 Å². The first kappa shape index (κ1) is 16.3. The number of fused-ring (bicyclic) bond motifs is 1. The fourth-order valence-electron chi connectivity index (χ4n) is 5.12. The van der Waals surface area contributed by atoms with Gasteiger partial charge in [-0.15, -0.1) is 0 Å². The molecule has 1 aliphatic heterocycles. The molecule has 3 saturated carbocycles. The summed E-state index contributed by atoms with van der Waals surface area (Å²) in [5.74, 6) is 2.76. The number of hydrogen-bond acceptors (Lipinski definition) is 4. The monoisotopic (exact) mass is 357 g/mol. The van der Waals surface area contributed by atoms with Crippen molar-refractivity contribution in [2.45, 2.75) is 57.4 Å². The van der Waals surface area contributed by atoms with Crippen LogP contribution in [0, 0.1) is 23.7 Å². The lowest BCUT2D eigenvalue weighted by atomic mass is 9.94. The van der Waals surface area contributed by atoms with Crippen molar-refractivity contribution in [3.63, 3.8) is 0 Å². The van der Waals surface area contributed by atoms with E-state index in [1.165, 1.54) is 25.5 Å². The molecular weight excluding hydrogens is 330 g/mol. The molecule has 5 atom stereocenters. The summed E-state index contributed by atoms with van der Waals surface area (Å²) >= 11 is 0. The van der Waals surface area contributed by atoms with Crippen molar-refractivity contribution in [2.24, 2.45) is 23.7 Å². The molecule has 5 rings (SSSR count). The van der Waals surface area contributed by atoms with Crippen LogP contribution in [-0.2, 0) is 4.79 Å². The maximum absolute atomic E-state index is 12.6. The van der Waals surface area contributed by atoms with Gasteiger partial charge in [0, 0.05) is 43.3 Å². The Hall–Kier alpha value is -1.85. The Bertz CT molecular complexity index is 714. The van der Waals surface area contributed by atoms with Crippen LogP contribution in [0.3, 0.4) is 0 Å². The van der Waals surface area contributed by atoms with Crippen LogP contribution in [0.1, 0.15) is 67.4 Å². The summed E-state index contributed by atoms with van der Waals surface area (Å²) in [4.78, 5) is 27.1. The Kier molecular flexibility index (Phi) is 3.83. The van der Waals surface area contributed by atoms with Crippen LogP contribution in [0.2, 0.25) is 0 Å². The van der Waals surface area contributed by atoms with E-state index in [-0.39, 0.29) is 11.9 Å². The first-order chi connectivity index (χ1) is 12.6. The summed E-state index contributed by atoms with van der Waals surface area (Å²) in [6, 6.07) is 0.207. The number of carbonyl (C=O) groups is 2. The molecule has 1 aromatic rings. The third-order valence-corrected chi connectivity index (χ3v) is 7.13. The average molecular weight is 357 g/mol. The van der Waals surface area contributed by atoms with Crippen molar-refractivity contribution in [3.05, 3.63) is 17.5 Å². The van der Waals surface area contributed by atoms with Gasteiger partial charge in [-0.25, -0.2) is 0 Å². The summed E-state index contributed by atoms with van der Waals surface area (Å²) < 4.78 is 5.02. The highest BCUT2D eigenvalue weighted by Gasteiger charge is 2.57. The maximum Gasteiger partial charge on any atom is 0.256 e. The molecule has 0 bridgehead atoms. The van der Waals surface area contributed by atoms with Gasteiger partial charge in [0.05, 0.1) is 5.69 Å². The second-order valence-electron chi connectivity index (χ2n) is 8.89. The van der Waals surface area contributed by atoms with Crippen LogP contribution in [-0.4, -0.2) is 41.0 Å². The number of rotatable bonds is 5. The second kappa shape index (κ2) is 6.10. The highest BCUT2D eigenvalue weighted by Crippen LogP contribution is 2.47. The molecule has 0 radical (unpaired) electrons.